The largest absolute Gasteiger partial charge is 0.416 e. The summed E-state index contributed by atoms with van der Waals surface area (Å²) in [5.41, 5.74) is -0.226. The molecule has 0 saturated carbocycles. The van der Waals surface area contributed by atoms with Crippen LogP contribution in [0.3, 0.4) is 0 Å². The lowest BCUT2D eigenvalue weighted by Crippen LogP contribution is -2.32. The molecule has 0 atom stereocenters. The Kier molecular flexibility index (Phi) is 5.41. The molecule has 2 amide bonds. The second-order valence-electron chi connectivity index (χ2n) is 5.27. The molecule has 0 aliphatic carbocycles. The van der Waals surface area contributed by atoms with Gasteiger partial charge in [0, 0.05) is 11.3 Å². The molecule has 0 fully saturated rings. The van der Waals surface area contributed by atoms with Crippen LogP contribution in [0, 0.1) is 12.7 Å². The van der Waals surface area contributed by atoms with Crippen molar-refractivity contribution >= 4 is 17.5 Å². The monoisotopic (exact) mass is 354 g/mol. The lowest BCUT2D eigenvalue weighted by atomic mass is 10.1. The number of alkyl halides is 3. The van der Waals surface area contributed by atoms with Gasteiger partial charge in [-0.25, -0.2) is 4.39 Å². The van der Waals surface area contributed by atoms with Crippen molar-refractivity contribution in [2.45, 2.75) is 13.1 Å². The number of nitrogens with one attached hydrogen (secondary N) is 2. The maximum atomic E-state index is 13.4. The van der Waals surface area contributed by atoms with Gasteiger partial charge in [-0.3, -0.25) is 9.59 Å². The zero-order valence-corrected chi connectivity index (χ0v) is 13.1. The van der Waals surface area contributed by atoms with E-state index in [1.807, 2.05) is 0 Å². The Balaban J connectivity index is 1.90. The molecular formula is C17H14F4N2O2. The van der Waals surface area contributed by atoms with Gasteiger partial charge in [-0.1, -0.05) is 6.07 Å². The van der Waals surface area contributed by atoms with Crippen molar-refractivity contribution in [2.24, 2.45) is 0 Å². The molecule has 4 nitrogen and oxygen atoms in total. The maximum absolute atomic E-state index is 13.4. The number of rotatable bonds is 4. The molecule has 0 aliphatic heterocycles. The van der Waals surface area contributed by atoms with Gasteiger partial charge in [0.2, 0.25) is 5.91 Å². The minimum absolute atomic E-state index is 0.0119. The van der Waals surface area contributed by atoms with E-state index in [2.05, 4.69) is 10.6 Å². The highest BCUT2D eigenvalue weighted by molar-refractivity contribution is 5.99. The molecule has 0 aromatic heterocycles. The number of anilines is 1. The Labute approximate surface area is 140 Å². The fourth-order valence-corrected chi connectivity index (χ4v) is 1.95. The standard InChI is InChI=1S/C17H14F4N2O2/c1-10-2-7-13(8-14(10)18)23-15(24)9-22-16(25)11-3-5-12(6-4-11)17(19,20)21/h2-8H,9H2,1H3,(H,22,25)(H,23,24). The van der Waals surface area contributed by atoms with Crippen molar-refractivity contribution in [1.82, 2.24) is 5.32 Å². The third-order valence-corrected chi connectivity index (χ3v) is 3.34. The van der Waals surface area contributed by atoms with Gasteiger partial charge in [0.1, 0.15) is 5.82 Å². The molecule has 2 aromatic rings. The minimum Gasteiger partial charge on any atom is -0.343 e. The Morgan fingerprint density at radius 2 is 1.68 bits per heavy atom. The van der Waals surface area contributed by atoms with Gasteiger partial charge in [-0.15, -0.1) is 0 Å². The fraction of sp³-hybridized carbons (Fsp3) is 0.176. The van der Waals surface area contributed by atoms with Gasteiger partial charge in [0.15, 0.2) is 0 Å². The molecule has 0 radical (unpaired) electrons. The molecule has 0 bridgehead atoms. The third kappa shape index (κ3) is 5.03. The van der Waals surface area contributed by atoms with Crippen LogP contribution in [0.1, 0.15) is 21.5 Å². The van der Waals surface area contributed by atoms with Gasteiger partial charge in [-0.05, 0) is 48.9 Å². The van der Waals surface area contributed by atoms with Crippen LogP contribution in [0.5, 0.6) is 0 Å². The Morgan fingerprint density at radius 3 is 2.24 bits per heavy atom. The van der Waals surface area contributed by atoms with Crippen LogP contribution >= 0.6 is 0 Å². The first-order chi connectivity index (χ1) is 11.7. The van der Waals surface area contributed by atoms with E-state index in [9.17, 15) is 27.2 Å². The first kappa shape index (κ1) is 18.4. The average molecular weight is 354 g/mol. The smallest absolute Gasteiger partial charge is 0.343 e. The summed E-state index contributed by atoms with van der Waals surface area (Å²) in [4.78, 5) is 23.6. The van der Waals surface area contributed by atoms with E-state index in [1.165, 1.54) is 12.1 Å². The maximum Gasteiger partial charge on any atom is 0.416 e. The molecule has 132 valence electrons. The van der Waals surface area contributed by atoms with Crippen molar-refractivity contribution in [1.29, 1.82) is 0 Å². The topological polar surface area (TPSA) is 58.2 Å². The van der Waals surface area contributed by atoms with Gasteiger partial charge in [0.25, 0.3) is 5.91 Å². The van der Waals surface area contributed by atoms with Gasteiger partial charge < -0.3 is 10.6 Å². The lowest BCUT2D eigenvalue weighted by molar-refractivity contribution is -0.137. The second-order valence-corrected chi connectivity index (χ2v) is 5.27. The molecule has 25 heavy (non-hydrogen) atoms. The van der Waals surface area contributed by atoms with Crippen LogP contribution in [0.25, 0.3) is 0 Å². The van der Waals surface area contributed by atoms with Crippen molar-refractivity contribution in [3.63, 3.8) is 0 Å². The van der Waals surface area contributed by atoms with Gasteiger partial charge in [0.05, 0.1) is 12.1 Å². The SMILES string of the molecule is Cc1ccc(NC(=O)CNC(=O)c2ccc(C(F)(F)F)cc2)cc1F. The van der Waals surface area contributed by atoms with Crippen LogP contribution < -0.4 is 10.6 Å². The summed E-state index contributed by atoms with van der Waals surface area (Å²) >= 11 is 0. The molecule has 0 spiro atoms. The van der Waals surface area contributed by atoms with Crippen LogP contribution in [0.2, 0.25) is 0 Å². The summed E-state index contributed by atoms with van der Waals surface area (Å²) in [5, 5.41) is 4.68. The van der Waals surface area contributed by atoms with Crippen molar-refractivity contribution in [3.05, 3.63) is 65.0 Å². The number of benzene rings is 2. The van der Waals surface area contributed by atoms with E-state index in [4.69, 9.17) is 0 Å². The Bertz CT molecular complexity index is 786. The zero-order chi connectivity index (χ0) is 18.6. The normalized spacial score (nSPS) is 11.1. The zero-order valence-electron chi connectivity index (χ0n) is 13.1. The molecule has 0 saturated heterocycles. The minimum atomic E-state index is -4.49. The van der Waals surface area contributed by atoms with Crippen LogP contribution in [0.4, 0.5) is 23.2 Å². The summed E-state index contributed by atoms with van der Waals surface area (Å²) in [6.07, 6.45) is -4.49. The number of carbonyl (C=O) groups is 2. The molecule has 2 aromatic carbocycles. The molecular weight excluding hydrogens is 340 g/mol. The van der Waals surface area contributed by atoms with Crippen molar-refractivity contribution < 1.29 is 27.2 Å². The Morgan fingerprint density at radius 1 is 1.04 bits per heavy atom. The summed E-state index contributed by atoms with van der Waals surface area (Å²) in [6, 6.07) is 7.75. The summed E-state index contributed by atoms with van der Waals surface area (Å²) < 4.78 is 50.7. The van der Waals surface area contributed by atoms with E-state index in [0.717, 1.165) is 30.3 Å². The highest BCUT2D eigenvalue weighted by Crippen LogP contribution is 2.29. The molecule has 0 heterocycles. The molecule has 8 heteroatoms. The predicted molar refractivity (Wildman–Crippen MR) is 83.5 cm³/mol. The first-order valence-electron chi connectivity index (χ1n) is 7.18. The van der Waals surface area contributed by atoms with E-state index in [1.54, 1.807) is 6.92 Å². The number of amides is 2. The van der Waals surface area contributed by atoms with Crippen molar-refractivity contribution in [3.8, 4) is 0 Å². The van der Waals surface area contributed by atoms with E-state index in [0.29, 0.717) is 5.56 Å². The van der Waals surface area contributed by atoms with Gasteiger partial charge in [-0.2, -0.15) is 13.2 Å². The van der Waals surface area contributed by atoms with E-state index < -0.39 is 35.9 Å². The fourth-order valence-electron chi connectivity index (χ4n) is 1.95. The molecule has 2 rings (SSSR count). The number of aryl methyl sites for hydroxylation is 1. The number of carbonyl (C=O) groups excluding carboxylic acids is 2. The van der Waals surface area contributed by atoms with Crippen LogP contribution in [-0.4, -0.2) is 18.4 Å². The van der Waals surface area contributed by atoms with E-state index in [-0.39, 0.29) is 11.3 Å². The molecule has 0 aliphatic rings. The van der Waals surface area contributed by atoms with Crippen molar-refractivity contribution in [2.75, 3.05) is 11.9 Å². The lowest BCUT2D eigenvalue weighted by Gasteiger charge is -2.09. The van der Waals surface area contributed by atoms with Crippen LogP contribution in [-0.2, 0) is 11.0 Å². The summed E-state index contributed by atoms with van der Waals surface area (Å²) in [6.45, 7) is 1.17. The Hall–Kier alpha value is -2.90. The molecule has 2 N–H and O–H groups in total. The quantitative estimate of drug-likeness (QED) is 0.826. The highest BCUT2D eigenvalue weighted by atomic mass is 19.4. The predicted octanol–water partition coefficient (Wildman–Crippen LogP) is 3.52. The molecule has 0 unspecified atom stereocenters. The summed E-state index contributed by atoms with van der Waals surface area (Å²) in [7, 11) is 0. The number of hydrogen-bond donors (Lipinski definition) is 2. The third-order valence-electron chi connectivity index (χ3n) is 3.34. The highest BCUT2D eigenvalue weighted by Gasteiger charge is 2.30. The summed E-state index contributed by atoms with van der Waals surface area (Å²) in [5.74, 6) is -1.77. The number of halogens is 4. The van der Waals surface area contributed by atoms with E-state index >= 15 is 0 Å². The second kappa shape index (κ2) is 7.33. The average Bonchev–Trinajstić information content (AvgIpc) is 2.55. The van der Waals surface area contributed by atoms with Crippen LogP contribution in [0.15, 0.2) is 42.5 Å². The number of hydrogen-bond acceptors (Lipinski definition) is 2. The van der Waals surface area contributed by atoms with Gasteiger partial charge >= 0.3 is 6.18 Å². The first-order valence-corrected chi connectivity index (χ1v) is 7.18.